The molecule has 1 saturated heterocycles. The van der Waals surface area contributed by atoms with Crippen LogP contribution in [0, 0.1) is 0 Å². The molecule has 2 unspecified atom stereocenters. The molecule has 0 bridgehead atoms. The molecule has 1 rings (SSSR count). The molecule has 72 valence electrons. The van der Waals surface area contributed by atoms with Crippen LogP contribution in [0.25, 0.3) is 0 Å². The van der Waals surface area contributed by atoms with Gasteiger partial charge >= 0.3 is 0 Å². The molecule has 0 aromatic carbocycles. The first-order valence-electron chi connectivity index (χ1n) is 4.76. The molecule has 0 radical (unpaired) electrons. The van der Waals surface area contributed by atoms with Crippen LogP contribution in [-0.2, 0) is 0 Å². The van der Waals surface area contributed by atoms with Crippen molar-refractivity contribution in [2.24, 2.45) is 0 Å². The van der Waals surface area contributed by atoms with Crippen LogP contribution in [0.5, 0.6) is 0 Å². The predicted octanol–water partition coefficient (Wildman–Crippen LogP) is 1.03. The second-order valence-corrected chi connectivity index (χ2v) is 4.94. The largest absolute Gasteiger partial charge is 0.318 e. The van der Waals surface area contributed by atoms with Crippen LogP contribution in [0.4, 0.5) is 0 Å². The molecule has 1 fully saturated rings. The van der Waals surface area contributed by atoms with Crippen LogP contribution in [0.1, 0.15) is 13.8 Å². The van der Waals surface area contributed by atoms with E-state index in [0.29, 0.717) is 0 Å². The van der Waals surface area contributed by atoms with Crippen LogP contribution in [-0.4, -0.2) is 48.6 Å². The van der Waals surface area contributed by atoms with E-state index in [1.165, 1.54) is 18.8 Å². The lowest BCUT2D eigenvalue weighted by molar-refractivity contribution is 0.215. The monoisotopic (exact) mass is 188 g/mol. The summed E-state index contributed by atoms with van der Waals surface area (Å²) in [6.07, 6.45) is 0. The molecule has 12 heavy (non-hydrogen) atoms. The van der Waals surface area contributed by atoms with Crippen molar-refractivity contribution in [2.75, 3.05) is 32.4 Å². The highest BCUT2D eigenvalue weighted by atomic mass is 32.2. The number of likely N-dealkylation sites (N-methyl/N-ethyl adjacent to an activating group) is 1. The summed E-state index contributed by atoms with van der Waals surface area (Å²) in [7, 11) is 2.02. The van der Waals surface area contributed by atoms with E-state index in [9.17, 15) is 0 Å². The Morgan fingerprint density at radius 1 is 1.50 bits per heavy atom. The summed E-state index contributed by atoms with van der Waals surface area (Å²) in [5.74, 6) is 1.30. The third-order valence-electron chi connectivity index (χ3n) is 2.66. The molecule has 0 aliphatic carbocycles. The van der Waals surface area contributed by atoms with Crippen molar-refractivity contribution in [3.63, 3.8) is 0 Å². The lowest BCUT2D eigenvalue weighted by Gasteiger charge is -2.37. The molecule has 2 nitrogen and oxygen atoms in total. The lowest BCUT2D eigenvalue weighted by atomic mass is 10.2. The van der Waals surface area contributed by atoms with Crippen LogP contribution in [0.2, 0.25) is 0 Å². The summed E-state index contributed by atoms with van der Waals surface area (Å²) >= 11 is 2.10. The molecule has 3 heteroatoms. The quantitative estimate of drug-likeness (QED) is 0.712. The average molecular weight is 188 g/mol. The van der Waals surface area contributed by atoms with Gasteiger partial charge in [-0.3, -0.25) is 4.90 Å². The first-order chi connectivity index (χ1) is 5.75. The van der Waals surface area contributed by atoms with Crippen molar-refractivity contribution >= 4 is 11.8 Å². The number of thioether (sulfide) groups is 1. The van der Waals surface area contributed by atoms with E-state index < -0.39 is 0 Å². The van der Waals surface area contributed by atoms with Gasteiger partial charge in [-0.15, -0.1) is 0 Å². The zero-order chi connectivity index (χ0) is 8.97. The van der Waals surface area contributed by atoms with Gasteiger partial charge in [-0.05, 0) is 14.0 Å². The second-order valence-electron chi connectivity index (χ2n) is 3.46. The SMILES string of the molecule is CNCCN1CCSC(C)C1C. The molecular formula is C9H20N2S. The van der Waals surface area contributed by atoms with Crippen molar-refractivity contribution in [3.8, 4) is 0 Å². The summed E-state index contributed by atoms with van der Waals surface area (Å²) in [6.45, 7) is 8.25. The molecule has 1 aliphatic rings. The average Bonchev–Trinajstić information content (AvgIpc) is 2.08. The second kappa shape index (κ2) is 5.10. The highest BCUT2D eigenvalue weighted by molar-refractivity contribution is 8.00. The predicted molar refractivity (Wildman–Crippen MR) is 56.9 cm³/mol. The van der Waals surface area contributed by atoms with Gasteiger partial charge in [0.2, 0.25) is 0 Å². The minimum Gasteiger partial charge on any atom is -0.318 e. The standard InChI is InChI=1S/C9H20N2S/c1-8-9(2)12-7-6-11(8)5-4-10-3/h8-10H,4-7H2,1-3H3. The third kappa shape index (κ3) is 2.64. The maximum atomic E-state index is 3.20. The van der Waals surface area contributed by atoms with Gasteiger partial charge in [0, 0.05) is 36.7 Å². The molecule has 1 N–H and O–H groups in total. The first kappa shape index (κ1) is 10.4. The molecule has 0 amide bonds. The minimum atomic E-state index is 0.747. The number of nitrogens with zero attached hydrogens (tertiary/aromatic N) is 1. The first-order valence-corrected chi connectivity index (χ1v) is 5.81. The zero-order valence-corrected chi connectivity index (χ0v) is 9.16. The Morgan fingerprint density at radius 2 is 2.25 bits per heavy atom. The van der Waals surface area contributed by atoms with E-state index in [4.69, 9.17) is 0 Å². The summed E-state index contributed by atoms with van der Waals surface area (Å²) in [4.78, 5) is 2.58. The Bertz CT molecular complexity index is 130. The summed E-state index contributed by atoms with van der Waals surface area (Å²) in [6, 6.07) is 0.747. The van der Waals surface area contributed by atoms with Crippen molar-refractivity contribution in [1.82, 2.24) is 10.2 Å². The van der Waals surface area contributed by atoms with Crippen LogP contribution >= 0.6 is 11.8 Å². The Labute approximate surface area is 80.1 Å². The van der Waals surface area contributed by atoms with E-state index in [-0.39, 0.29) is 0 Å². The molecule has 1 heterocycles. The van der Waals surface area contributed by atoms with Crippen LogP contribution < -0.4 is 5.32 Å². The third-order valence-corrected chi connectivity index (χ3v) is 4.00. The van der Waals surface area contributed by atoms with Crippen molar-refractivity contribution in [1.29, 1.82) is 0 Å². The molecule has 0 saturated carbocycles. The van der Waals surface area contributed by atoms with E-state index in [2.05, 4.69) is 35.8 Å². The maximum Gasteiger partial charge on any atom is 0.0184 e. The highest BCUT2D eigenvalue weighted by Gasteiger charge is 2.23. The Morgan fingerprint density at radius 3 is 2.92 bits per heavy atom. The Kier molecular flexibility index (Phi) is 4.40. The van der Waals surface area contributed by atoms with Crippen molar-refractivity contribution in [3.05, 3.63) is 0 Å². The molecule has 1 aliphatic heterocycles. The van der Waals surface area contributed by atoms with E-state index in [1.807, 2.05) is 7.05 Å². The van der Waals surface area contributed by atoms with E-state index >= 15 is 0 Å². The molecule has 0 spiro atoms. The smallest absolute Gasteiger partial charge is 0.0184 e. The molecule has 0 aromatic heterocycles. The molecule has 0 aromatic rings. The van der Waals surface area contributed by atoms with Gasteiger partial charge in [-0.1, -0.05) is 6.92 Å². The van der Waals surface area contributed by atoms with Gasteiger partial charge in [0.15, 0.2) is 0 Å². The fourth-order valence-corrected chi connectivity index (χ4v) is 2.73. The van der Waals surface area contributed by atoms with Gasteiger partial charge in [-0.2, -0.15) is 11.8 Å². The van der Waals surface area contributed by atoms with Gasteiger partial charge in [0.25, 0.3) is 0 Å². The Balaban J connectivity index is 2.30. The summed E-state index contributed by atoms with van der Waals surface area (Å²) in [5, 5.41) is 4.00. The van der Waals surface area contributed by atoms with Gasteiger partial charge < -0.3 is 5.32 Å². The van der Waals surface area contributed by atoms with Gasteiger partial charge in [-0.25, -0.2) is 0 Å². The van der Waals surface area contributed by atoms with Crippen molar-refractivity contribution in [2.45, 2.75) is 25.1 Å². The van der Waals surface area contributed by atoms with Gasteiger partial charge in [0.05, 0.1) is 0 Å². The van der Waals surface area contributed by atoms with E-state index in [1.54, 1.807) is 0 Å². The summed E-state index contributed by atoms with van der Waals surface area (Å²) in [5.41, 5.74) is 0. The topological polar surface area (TPSA) is 15.3 Å². The lowest BCUT2D eigenvalue weighted by Crippen LogP contribution is -2.46. The fraction of sp³-hybridized carbons (Fsp3) is 1.00. The summed E-state index contributed by atoms with van der Waals surface area (Å²) < 4.78 is 0. The van der Waals surface area contributed by atoms with E-state index in [0.717, 1.165) is 17.8 Å². The van der Waals surface area contributed by atoms with Gasteiger partial charge in [0.1, 0.15) is 0 Å². The molecule has 2 atom stereocenters. The fourth-order valence-electron chi connectivity index (χ4n) is 1.57. The molecular weight excluding hydrogens is 168 g/mol. The zero-order valence-electron chi connectivity index (χ0n) is 8.34. The number of nitrogens with one attached hydrogen (secondary N) is 1. The number of hydrogen-bond donors (Lipinski definition) is 1. The number of hydrogen-bond acceptors (Lipinski definition) is 3. The minimum absolute atomic E-state index is 0.747. The normalized spacial score (nSPS) is 32.2. The van der Waals surface area contributed by atoms with Crippen LogP contribution in [0.3, 0.4) is 0 Å². The highest BCUT2D eigenvalue weighted by Crippen LogP contribution is 2.23. The number of rotatable bonds is 3. The van der Waals surface area contributed by atoms with Crippen molar-refractivity contribution < 1.29 is 0 Å². The Hall–Kier alpha value is 0.270. The maximum absolute atomic E-state index is 3.20. The van der Waals surface area contributed by atoms with Crippen LogP contribution in [0.15, 0.2) is 0 Å².